The Morgan fingerprint density at radius 1 is 1.17 bits per heavy atom. The van der Waals surface area contributed by atoms with Gasteiger partial charge in [0, 0.05) is 22.2 Å². The highest BCUT2D eigenvalue weighted by molar-refractivity contribution is 7.22. The second kappa shape index (κ2) is 7.16. The first-order chi connectivity index (χ1) is 11.6. The molecule has 0 aromatic carbocycles. The van der Waals surface area contributed by atoms with Crippen molar-refractivity contribution in [1.82, 2.24) is 10.6 Å². The molecule has 8 heteroatoms. The van der Waals surface area contributed by atoms with Gasteiger partial charge in [-0.1, -0.05) is 12.1 Å². The lowest BCUT2D eigenvalue weighted by Gasteiger charge is -2.06. The van der Waals surface area contributed by atoms with Gasteiger partial charge in [0.2, 0.25) is 0 Å². The molecule has 3 heterocycles. The predicted molar refractivity (Wildman–Crippen MR) is 97.8 cm³/mol. The molecule has 122 valence electrons. The minimum atomic E-state index is -0.709. The maximum absolute atomic E-state index is 12.6. The van der Waals surface area contributed by atoms with Crippen LogP contribution >= 0.6 is 22.7 Å². The number of hydrogen-bond donors (Lipinski definition) is 4. The summed E-state index contributed by atoms with van der Waals surface area (Å²) in [6.07, 6.45) is 8.81. The minimum Gasteiger partial charge on any atom is -0.366 e. The van der Waals surface area contributed by atoms with E-state index < -0.39 is 6.03 Å². The highest BCUT2D eigenvalue weighted by atomic mass is 32.1. The van der Waals surface area contributed by atoms with Crippen LogP contribution in [0.5, 0.6) is 0 Å². The molecular weight excluding hydrogens is 344 g/mol. The average molecular weight is 358 g/mol. The number of nitrogens with one attached hydrogen (secondary N) is 3. The van der Waals surface area contributed by atoms with Gasteiger partial charge in [0.25, 0.3) is 5.91 Å². The Morgan fingerprint density at radius 2 is 2.04 bits per heavy atom. The van der Waals surface area contributed by atoms with Crippen LogP contribution < -0.4 is 21.7 Å². The molecule has 0 unspecified atom stereocenters. The standard InChI is InChI=1S/C16H14N4O2S2/c17-16(22)20-11-8-13(12-5-3-7-23-12)24-14(11)15(21)19-10-4-1-2-6-18-9-10/h1-9,18H,(H,19,21)(H3,17,20,22). The van der Waals surface area contributed by atoms with E-state index in [1.807, 2.05) is 23.6 Å². The van der Waals surface area contributed by atoms with E-state index >= 15 is 0 Å². The first kappa shape index (κ1) is 16.0. The van der Waals surface area contributed by atoms with Crippen LogP contribution in [0.4, 0.5) is 10.5 Å². The Morgan fingerprint density at radius 3 is 2.79 bits per heavy atom. The van der Waals surface area contributed by atoms with Gasteiger partial charge >= 0.3 is 6.03 Å². The normalized spacial score (nSPS) is 12.9. The van der Waals surface area contributed by atoms with Gasteiger partial charge < -0.3 is 21.7 Å². The quantitative estimate of drug-likeness (QED) is 0.676. The number of anilines is 1. The summed E-state index contributed by atoms with van der Waals surface area (Å²) >= 11 is 2.86. The van der Waals surface area contributed by atoms with Crippen LogP contribution in [0.25, 0.3) is 9.75 Å². The maximum Gasteiger partial charge on any atom is 0.316 e. The van der Waals surface area contributed by atoms with Crippen molar-refractivity contribution in [2.45, 2.75) is 0 Å². The van der Waals surface area contributed by atoms with E-state index in [-0.39, 0.29) is 5.91 Å². The van der Waals surface area contributed by atoms with Gasteiger partial charge in [-0.05, 0) is 29.7 Å². The van der Waals surface area contributed by atoms with Crippen molar-refractivity contribution in [3.8, 4) is 9.75 Å². The molecule has 0 fully saturated rings. The number of hydrogen-bond acceptors (Lipinski definition) is 5. The topological polar surface area (TPSA) is 96.2 Å². The van der Waals surface area contributed by atoms with Crippen molar-refractivity contribution in [1.29, 1.82) is 0 Å². The highest BCUT2D eigenvalue weighted by Gasteiger charge is 2.19. The third-order valence-electron chi connectivity index (χ3n) is 3.04. The van der Waals surface area contributed by atoms with Crippen LogP contribution in [0.1, 0.15) is 9.67 Å². The van der Waals surface area contributed by atoms with Crippen molar-refractivity contribution in [2.75, 3.05) is 5.32 Å². The fraction of sp³-hybridized carbons (Fsp3) is 0. The van der Waals surface area contributed by atoms with Gasteiger partial charge in [0.1, 0.15) is 4.88 Å². The largest absolute Gasteiger partial charge is 0.366 e. The number of primary amides is 1. The van der Waals surface area contributed by atoms with E-state index in [4.69, 9.17) is 5.73 Å². The van der Waals surface area contributed by atoms with Gasteiger partial charge in [-0.25, -0.2) is 4.79 Å². The van der Waals surface area contributed by atoms with Crippen LogP contribution in [-0.2, 0) is 0 Å². The maximum atomic E-state index is 12.6. The molecular formula is C16H14N4O2S2. The van der Waals surface area contributed by atoms with Crippen molar-refractivity contribution in [2.24, 2.45) is 5.73 Å². The second-order valence-electron chi connectivity index (χ2n) is 4.76. The highest BCUT2D eigenvalue weighted by Crippen LogP contribution is 2.37. The molecule has 0 spiro atoms. The van der Waals surface area contributed by atoms with E-state index in [9.17, 15) is 9.59 Å². The molecule has 1 aliphatic rings. The zero-order valence-corrected chi connectivity index (χ0v) is 14.0. The number of amides is 3. The Hall–Kier alpha value is -2.84. The van der Waals surface area contributed by atoms with Crippen LogP contribution in [0.2, 0.25) is 0 Å². The monoisotopic (exact) mass is 358 g/mol. The van der Waals surface area contributed by atoms with E-state index in [1.54, 1.807) is 42.0 Å². The Balaban J connectivity index is 1.88. The second-order valence-corrected chi connectivity index (χ2v) is 6.76. The summed E-state index contributed by atoms with van der Waals surface area (Å²) in [7, 11) is 0. The zero-order chi connectivity index (χ0) is 16.9. The lowest BCUT2D eigenvalue weighted by molar-refractivity contribution is 0.0972. The molecule has 3 amide bonds. The number of urea groups is 1. The molecule has 6 nitrogen and oxygen atoms in total. The van der Waals surface area contributed by atoms with Crippen molar-refractivity contribution in [3.63, 3.8) is 0 Å². The fourth-order valence-corrected chi connectivity index (χ4v) is 3.88. The fourth-order valence-electron chi connectivity index (χ4n) is 2.05. The van der Waals surface area contributed by atoms with Crippen molar-refractivity contribution in [3.05, 3.63) is 64.8 Å². The zero-order valence-electron chi connectivity index (χ0n) is 12.4. The van der Waals surface area contributed by atoms with E-state index in [0.29, 0.717) is 16.3 Å². The molecule has 3 rings (SSSR count). The Bertz CT molecular complexity index is 848. The predicted octanol–water partition coefficient (Wildman–Crippen LogP) is 3.21. The number of thiophene rings is 2. The van der Waals surface area contributed by atoms with Gasteiger partial charge in [-0.3, -0.25) is 4.79 Å². The summed E-state index contributed by atoms with van der Waals surface area (Å²) in [4.78, 5) is 26.1. The third-order valence-corrected chi connectivity index (χ3v) is 5.24. The summed E-state index contributed by atoms with van der Waals surface area (Å²) in [6, 6.07) is 4.94. The molecule has 0 saturated carbocycles. The molecule has 0 aliphatic carbocycles. The lowest BCUT2D eigenvalue weighted by Crippen LogP contribution is -2.25. The molecule has 0 radical (unpaired) electrons. The average Bonchev–Trinajstić information content (AvgIpc) is 3.13. The van der Waals surface area contributed by atoms with E-state index in [2.05, 4.69) is 16.0 Å². The number of nitrogens with two attached hydrogens (primary N) is 1. The van der Waals surface area contributed by atoms with E-state index in [0.717, 1.165) is 9.75 Å². The molecule has 1 aliphatic heterocycles. The first-order valence-electron chi connectivity index (χ1n) is 6.98. The van der Waals surface area contributed by atoms with Gasteiger partial charge in [-0.15, -0.1) is 22.7 Å². The first-order valence-corrected chi connectivity index (χ1v) is 8.68. The molecule has 2 aromatic rings. The molecule has 0 saturated heterocycles. The summed E-state index contributed by atoms with van der Waals surface area (Å²) in [5.41, 5.74) is 6.22. The Labute approximate surface area is 146 Å². The number of rotatable bonds is 4. The molecule has 2 aromatic heterocycles. The number of carbonyl (C=O) groups is 2. The van der Waals surface area contributed by atoms with Crippen LogP contribution in [0, 0.1) is 0 Å². The Kier molecular flexibility index (Phi) is 4.78. The summed E-state index contributed by atoms with van der Waals surface area (Å²) < 4.78 is 0. The SMILES string of the molecule is NC(=O)Nc1cc(-c2cccs2)sc1C(=O)NC1=CNC=CC=C1. The van der Waals surface area contributed by atoms with Gasteiger partial charge in [-0.2, -0.15) is 0 Å². The van der Waals surface area contributed by atoms with Crippen LogP contribution in [-0.4, -0.2) is 11.9 Å². The summed E-state index contributed by atoms with van der Waals surface area (Å²) in [5, 5.41) is 10.2. The minimum absolute atomic E-state index is 0.314. The molecule has 0 bridgehead atoms. The van der Waals surface area contributed by atoms with Crippen molar-refractivity contribution < 1.29 is 9.59 Å². The van der Waals surface area contributed by atoms with E-state index in [1.165, 1.54) is 11.3 Å². The molecule has 0 atom stereocenters. The number of allylic oxidation sites excluding steroid dienone is 3. The summed E-state index contributed by atoms with van der Waals surface area (Å²) in [5.74, 6) is -0.314. The van der Waals surface area contributed by atoms with Gasteiger partial charge in [0.05, 0.1) is 11.4 Å². The molecule has 24 heavy (non-hydrogen) atoms. The van der Waals surface area contributed by atoms with Crippen molar-refractivity contribution >= 4 is 40.3 Å². The van der Waals surface area contributed by atoms with Crippen LogP contribution in [0.15, 0.2) is 59.9 Å². The smallest absolute Gasteiger partial charge is 0.316 e. The third kappa shape index (κ3) is 3.73. The lowest BCUT2D eigenvalue weighted by atomic mass is 10.3. The van der Waals surface area contributed by atoms with Gasteiger partial charge in [0.15, 0.2) is 0 Å². The molecule has 5 N–H and O–H groups in total. The number of carbonyl (C=O) groups excluding carboxylic acids is 2. The summed E-state index contributed by atoms with van der Waals surface area (Å²) in [6.45, 7) is 0. The van der Waals surface area contributed by atoms with Crippen LogP contribution in [0.3, 0.4) is 0 Å².